The minimum Gasteiger partial charge on any atom is -0.481 e. The van der Waals surface area contributed by atoms with E-state index in [1.807, 2.05) is 19.9 Å². The highest BCUT2D eigenvalue weighted by Gasteiger charge is 2.22. The third kappa shape index (κ3) is 5.01. The van der Waals surface area contributed by atoms with Gasteiger partial charge in [-0.25, -0.2) is 0 Å². The summed E-state index contributed by atoms with van der Waals surface area (Å²) >= 11 is 6.06. The van der Waals surface area contributed by atoms with E-state index in [-0.39, 0.29) is 11.9 Å². The van der Waals surface area contributed by atoms with Gasteiger partial charge in [0, 0.05) is 5.02 Å². The summed E-state index contributed by atoms with van der Waals surface area (Å²) in [5, 5.41) is 3.83. The van der Waals surface area contributed by atoms with Crippen molar-refractivity contribution in [3.63, 3.8) is 0 Å². The number of ether oxygens (including phenoxy) is 1. The van der Waals surface area contributed by atoms with Crippen molar-refractivity contribution in [2.24, 2.45) is 0 Å². The first-order valence-corrected chi connectivity index (χ1v) is 9.53. The van der Waals surface area contributed by atoms with Gasteiger partial charge in [-0.1, -0.05) is 43.6 Å². The Morgan fingerprint density at radius 3 is 2.31 bits per heavy atom. The Hall–Kier alpha value is -2.00. The number of benzene rings is 2. The van der Waals surface area contributed by atoms with Crippen LogP contribution in [0.3, 0.4) is 0 Å². The van der Waals surface area contributed by atoms with Gasteiger partial charge in [-0.15, -0.1) is 0 Å². The van der Waals surface area contributed by atoms with Gasteiger partial charge in [-0.05, 0) is 74.1 Å². The first-order valence-electron chi connectivity index (χ1n) is 9.16. The topological polar surface area (TPSA) is 38.3 Å². The highest BCUT2D eigenvalue weighted by Crippen LogP contribution is 2.24. The van der Waals surface area contributed by atoms with E-state index in [9.17, 15) is 4.79 Å². The highest BCUT2D eigenvalue weighted by molar-refractivity contribution is 6.31. The highest BCUT2D eigenvalue weighted by atomic mass is 35.5. The maximum Gasteiger partial charge on any atom is 0.261 e. The third-order valence-corrected chi connectivity index (χ3v) is 5.15. The molecule has 0 radical (unpaired) electrons. The number of nitrogens with one attached hydrogen (secondary N) is 1. The van der Waals surface area contributed by atoms with Crippen molar-refractivity contribution < 1.29 is 9.53 Å². The van der Waals surface area contributed by atoms with Crippen LogP contribution in [0.15, 0.2) is 36.4 Å². The second-order valence-electron chi connectivity index (χ2n) is 6.74. The number of halogens is 1. The fourth-order valence-electron chi connectivity index (χ4n) is 2.84. The van der Waals surface area contributed by atoms with Crippen LogP contribution in [0, 0.1) is 20.8 Å². The van der Waals surface area contributed by atoms with Crippen LogP contribution in [0.1, 0.15) is 55.0 Å². The van der Waals surface area contributed by atoms with Crippen molar-refractivity contribution in [2.45, 2.75) is 59.6 Å². The third-order valence-electron chi connectivity index (χ3n) is 4.73. The van der Waals surface area contributed by atoms with Crippen LogP contribution in [-0.4, -0.2) is 12.0 Å². The van der Waals surface area contributed by atoms with E-state index in [4.69, 9.17) is 16.3 Å². The summed E-state index contributed by atoms with van der Waals surface area (Å²) in [6, 6.07) is 11.8. The maximum absolute atomic E-state index is 12.8. The van der Waals surface area contributed by atoms with Crippen molar-refractivity contribution >= 4 is 17.5 Å². The summed E-state index contributed by atoms with van der Waals surface area (Å²) in [7, 11) is 0. The molecule has 1 amide bonds. The van der Waals surface area contributed by atoms with Crippen molar-refractivity contribution in [3.05, 3.63) is 63.7 Å². The van der Waals surface area contributed by atoms with Gasteiger partial charge in [0.15, 0.2) is 6.10 Å². The summed E-state index contributed by atoms with van der Waals surface area (Å²) in [5.41, 5.74) is 4.54. The second-order valence-corrected chi connectivity index (χ2v) is 7.15. The Balaban J connectivity index is 2.10. The molecule has 0 heterocycles. The van der Waals surface area contributed by atoms with Crippen molar-refractivity contribution in [1.29, 1.82) is 0 Å². The molecule has 0 aliphatic heterocycles. The van der Waals surface area contributed by atoms with Crippen LogP contribution in [0.4, 0.5) is 0 Å². The normalized spacial score (nSPS) is 13.2. The molecule has 0 spiro atoms. The Labute approximate surface area is 161 Å². The molecule has 2 atom stereocenters. The lowest BCUT2D eigenvalue weighted by Gasteiger charge is -2.23. The van der Waals surface area contributed by atoms with E-state index in [1.165, 1.54) is 11.1 Å². The first kappa shape index (κ1) is 20.3. The summed E-state index contributed by atoms with van der Waals surface area (Å²) in [6.07, 6.45) is 0.887. The maximum atomic E-state index is 12.8. The van der Waals surface area contributed by atoms with Gasteiger partial charge in [0.25, 0.3) is 5.91 Å². The largest absolute Gasteiger partial charge is 0.481 e. The van der Waals surface area contributed by atoms with Crippen LogP contribution in [-0.2, 0) is 4.79 Å². The summed E-state index contributed by atoms with van der Waals surface area (Å²) in [6.45, 7) is 10.1. The summed E-state index contributed by atoms with van der Waals surface area (Å²) < 4.78 is 5.91. The SMILES string of the molecule is CC[C@@H](Oc1ccc(Cl)c(C)c1)C(=O)N[C@H](CC)c1ccc(C)c(C)c1. The Bertz CT molecular complexity index is 773. The zero-order valence-corrected chi connectivity index (χ0v) is 17.0. The van der Waals surface area contributed by atoms with E-state index >= 15 is 0 Å². The molecule has 2 rings (SSSR count). The zero-order chi connectivity index (χ0) is 19.3. The minimum atomic E-state index is -0.531. The van der Waals surface area contributed by atoms with Crippen LogP contribution >= 0.6 is 11.6 Å². The molecule has 0 saturated carbocycles. The predicted octanol–water partition coefficient (Wildman–Crippen LogP) is 5.69. The van der Waals surface area contributed by atoms with Gasteiger partial charge in [-0.3, -0.25) is 4.79 Å². The molecular weight excluding hydrogens is 346 g/mol. The molecule has 0 saturated heterocycles. The second kappa shape index (κ2) is 9.09. The van der Waals surface area contributed by atoms with Gasteiger partial charge in [0.1, 0.15) is 5.75 Å². The van der Waals surface area contributed by atoms with E-state index in [0.717, 1.165) is 17.5 Å². The smallest absolute Gasteiger partial charge is 0.261 e. The van der Waals surface area contributed by atoms with Gasteiger partial charge < -0.3 is 10.1 Å². The summed E-state index contributed by atoms with van der Waals surface area (Å²) in [4.78, 5) is 12.8. The van der Waals surface area contributed by atoms with Gasteiger partial charge >= 0.3 is 0 Å². The monoisotopic (exact) mass is 373 g/mol. The number of amides is 1. The molecule has 140 valence electrons. The van der Waals surface area contributed by atoms with Crippen LogP contribution < -0.4 is 10.1 Å². The molecule has 0 aliphatic carbocycles. The predicted molar refractivity (Wildman–Crippen MR) is 108 cm³/mol. The standard InChI is InChI=1S/C22H28ClNO2/c1-6-20(17-9-8-14(3)15(4)12-17)24-22(25)21(7-2)26-18-10-11-19(23)16(5)13-18/h8-13,20-21H,6-7H2,1-5H3,(H,24,25)/t20-,21-/m1/s1. The lowest BCUT2D eigenvalue weighted by atomic mass is 9.99. The van der Waals surface area contributed by atoms with Gasteiger partial charge in [0.05, 0.1) is 6.04 Å². The molecule has 2 aromatic carbocycles. The minimum absolute atomic E-state index is 0.0218. The molecular formula is C22H28ClNO2. The van der Waals surface area contributed by atoms with Crippen molar-refractivity contribution in [1.82, 2.24) is 5.32 Å². The fourth-order valence-corrected chi connectivity index (χ4v) is 2.96. The Morgan fingerprint density at radius 2 is 1.73 bits per heavy atom. The van der Waals surface area contributed by atoms with E-state index in [1.54, 1.807) is 12.1 Å². The average molecular weight is 374 g/mol. The quantitative estimate of drug-likeness (QED) is 0.676. The molecule has 3 nitrogen and oxygen atoms in total. The van der Waals surface area contributed by atoms with Crippen LogP contribution in [0.5, 0.6) is 5.75 Å². The van der Waals surface area contributed by atoms with Crippen LogP contribution in [0.2, 0.25) is 5.02 Å². The number of hydrogen-bond donors (Lipinski definition) is 1. The number of aryl methyl sites for hydroxylation is 3. The summed E-state index contributed by atoms with van der Waals surface area (Å²) in [5.74, 6) is 0.568. The molecule has 0 aliphatic rings. The Kier molecular flexibility index (Phi) is 7.10. The number of carbonyl (C=O) groups excluding carboxylic acids is 1. The lowest BCUT2D eigenvalue weighted by molar-refractivity contribution is -0.128. The molecule has 2 aromatic rings. The Morgan fingerprint density at radius 1 is 1.00 bits per heavy atom. The van der Waals surface area contributed by atoms with E-state index < -0.39 is 6.10 Å². The first-order chi connectivity index (χ1) is 12.3. The molecule has 1 N–H and O–H groups in total. The molecule has 0 aromatic heterocycles. The van der Waals surface area contributed by atoms with Gasteiger partial charge in [0.2, 0.25) is 0 Å². The molecule has 4 heteroatoms. The lowest BCUT2D eigenvalue weighted by Crippen LogP contribution is -2.40. The number of carbonyl (C=O) groups is 1. The zero-order valence-electron chi connectivity index (χ0n) is 16.2. The number of hydrogen-bond acceptors (Lipinski definition) is 2. The average Bonchev–Trinajstić information content (AvgIpc) is 2.62. The molecule has 0 bridgehead atoms. The molecule has 0 unspecified atom stereocenters. The van der Waals surface area contributed by atoms with Crippen molar-refractivity contribution in [2.75, 3.05) is 0 Å². The molecule has 0 fully saturated rings. The van der Waals surface area contributed by atoms with Crippen molar-refractivity contribution in [3.8, 4) is 5.75 Å². The van der Waals surface area contributed by atoms with E-state index in [0.29, 0.717) is 17.2 Å². The fraction of sp³-hybridized carbons (Fsp3) is 0.409. The number of rotatable bonds is 7. The van der Waals surface area contributed by atoms with E-state index in [2.05, 4.69) is 44.3 Å². The van der Waals surface area contributed by atoms with Crippen LogP contribution in [0.25, 0.3) is 0 Å². The molecule has 26 heavy (non-hydrogen) atoms. The van der Waals surface area contributed by atoms with Gasteiger partial charge in [-0.2, -0.15) is 0 Å².